The van der Waals surface area contributed by atoms with E-state index in [9.17, 15) is 5.11 Å². The third kappa shape index (κ3) is 3.33. The highest BCUT2D eigenvalue weighted by Crippen LogP contribution is 2.23. The summed E-state index contributed by atoms with van der Waals surface area (Å²) in [5.74, 6) is 0. The number of aliphatic hydroxyl groups is 1. The van der Waals surface area contributed by atoms with Crippen molar-refractivity contribution in [2.24, 2.45) is 0 Å². The lowest BCUT2D eigenvalue weighted by Crippen LogP contribution is -2.38. The first-order chi connectivity index (χ1) is 8.32. The second-order valence-electron chi connectivity index (χ2n) is 5.84. The number of aryl methyl sites for hydroxylation is 2. The number of rotatable bonds is 5. The van der Waals surface area contributed by atoms with Gasteiger partial charge in [0.1, 0.15) is 0 Å². The predicted molar refractivity (Wildman–Crippen MR) is 77.8 cm³/mol. The highest BCUT2D eigenvalue weighted by molar-refractivity contribution is 5.44. The molecule has 2 heteroatoms. The van der Waals surface area contributed by atoms with E-state index in [0.29, 0.717) is 0 Å². The molecule has 0 aliphatic heterocycles. The minimum Gasteiger partial charge on any atom is -0.392 e. The van der Waals surface area contributed by atoms with E-state index >= 15 is 0 Å². The third-order valence-electron chi connectivity index (χ3n) is 4.08. The number of nitrogens with one attached hydrogen (secondary N) is 1. The van der Waals surface area contributed by atoms with E-state index in [1.54, 1.807) is 0 Å². The number of aliphatic hydroxyl groups excluding tert-OH is 1. The van der Waals surface area contributed by atoms with Gasteiger partial charge < -0.3 is 10.4 Å². The minimum absolute atomic E-state index is 0.127. The zero-order valence-electron chi connectivity index (χ0n) is 12.6. The molecular formula is C16H27NO. The molecule has 0 aliphatic carbocycles. The molecule has 18 heavy (non-hydrogen) atoms. The van der Waals surface area contributed by atoms with Crippen molar-refractivity contribution >= 4 is 0 Å². The summed E-state index contributed by atoms with van der Waals surface area (Å²) in [4.78, 5) is 0. The van der Waals surface area contributed by atoms with Gasteiger partial charge in [0.2, 0.25) is 0 Å². The summed E-state index contributed by atoms with van der Waals surface area (Å²) in [6.07, 6.45) is 1.10. The highest BCUT2D eigenvalue weighted by Gasteiger charge is 2.16. The van der Waals surface area contributed by atoms with Gasteiger partial charge in [-0.3, -0.25) is 0 Å². The van der Waals surface area contributed by atoms with Crippen molar-refractivity contribution in [3.05, 3.63) is 33.9 Å². The maximum Gasteiger partial charge on any atom is 0.0687 e. The van der Waals surface area contributed by atoms with Gasteiger partial charge in [-0.25, -0.2) is 0 Å². The normalized spacial score (nSPS) is 11.9. The van der Waals surface area contributed by atoms with Gasteiger partial charge >= 0.3 is 0 Å². The topological polar surface area (TPSA) is 32.3 Å². The van der Waals surface area contributed by atoms with Crippen LogP contribution in [-0.4, -0.2) is 10.6 Å². The molecule has 0 aromatic heterocycles. The van der Waals surface area contributed by atoms with Crippen molar-refractivity contribution < 1.29 is 5.11 Å². The minimum atomic E-state index is 0.127. The maximum absolute atomic E-state index is 9.47. The first-order valence-electron chi connectivity index (χ1n) is 6.76. The fourth-order valence-corrected chi connectivity index (χ4v) is 2.24. The molecule has 1 rings (SSSR count). The molecule has 1 aromatic carbocycles. The lowest BCUT2D eigenvalue weighted by molar-refractivity contribution is 0.280. The van der Waals surface area contributed by atoms with Crippen LogP contribution in [0.25, 0.3) is 0 Å². The Labute approximate surface area is 111 Å². The van der Waals surface area contributed by atoms with Crippen LogP contribution in [0.1, 0.15) is 55.0 Å². The Morgan fingerprint density at radius 1 is 1.11 bits per heavy atom. The standard InChI is InChI=1S/C16H27NO/c1-7-16(5,6)17-9-14-11(2)8-12(3)15(10-18)13(14)4/h8,17-18H,7,9-10H2,1-6H3. The molecule has 0 unspecified atom stereocenters. The Morgan fingerprint density at radius 2 is 1.67 bits per heavy atom. The average Bonchev–Trinajstić information content (AvgIpc) is 2.28. The molecule has 2 N–H and O–H groups in total. The number of hydrogen-bond donors (Lipinski definition) is 2. The van der Waals surface area contributed by atoms with E-state index in [0.717, 1.165) is 18.5 Å². The van der Waals surface area contributed by atoms with Crippen LogP contribution in [0.3, 0.4) is 0 Å². The van der Waals surface area contributed by atoms with E-state index in [4.69, 9.17) is 0 Å². The molecule has 0 radical (unpaired) electrons. The van der Waals surface area contributed by atoms with E-state index in [2.05, 4.69) is 52.9 Å². The second kappa shape index (κ2) is 5.85. The van der Waals surface area contributed by atoms with Crippen LogP contribution in [0.15, 0.2) is 6.07 Å². The maximum atomic E-state index is 9.47. The van der Waals surface area contributed by atoms with Gasteiger partial charge in [0, 0.05) is 12.1 Å². The van der Waals surface area contributed by atoms with E-state index < -0.39 is 0 Å². The molecule has 0 heterocycles. The molecule has 0 spiro atoms. The summed E-state index contributed by atoms with van der Waals surface area (Å²) in [6.45, 7) is 14.0. The fourth-order valence-electron chi connectivity index (χ4n) is 2.24. The summed E-state index contributed by atoms with van der Waals surface area (Å²) in [5.41, 5.74) is 6.28. The van der Waals surface area contributed by atoms with Gasteiger partial charge in [0.15, 0.2) is 0 Å². The lowest BCUT2D eigenvalue weighted by Gasteiger charge is -2.26. The van der Waals surface area contributed by atoms with E-state index in [-0.39, 0.29) is 12.1 Å². The Bertz CT molecular complexity index is 422. The van der Waals surface area contributed by atoms with Gasteiger partial charge in [-0.05, 0) is 68.9 Å². The van der Waals surface area contributed by atoms with Crippen molar-refractivity contribution in [3.63, 3.8) is 0 Å². The predicted octanol–water partition coefficient (Wildman–Crippen LogP) is 3.38. The summed E-state index contributed by atoms with van der Waals surface area (Å²) in [5, 5.41) is 13.1. The molecule has 0 bridgehead atoms. The second-order valence-corrected chi connectivity index (χ2v) is 5.84. The quantitative estimate of drug-likeness (QED) is 0.838. The molecule has 0 atom stereocenters. The summed E-state index contributed by atoms with van der Waals surface area (Å²) in [6, 6.07) is 2.18. The van der Waals surface area contributed by atoms with Crippen LogP contribution in [0.5, 0.6) is 0 Å². The van der Waals surface area contributed by atoms with Crippen LogP contribution >= 0.6 is 0 Å². The molecule has 2 nitrogen and oxygen atoms in total. The third-order valence-corrected chi connectivity index (χ3v) is 4.08. The van der Waals surface area contributed by atoms with Crippen LogP contribution in [-0.2, 0) is 13.2 Å². The SMILES string of the molecule is CCC(C)(C)NCc1c(C)cc(C)c(CO)c1C. The first kappa shape index (κ1) is 15.2. The average molecular weight is 249 g/mol. The van der Waals surface area contributed by atoms with Gasteiger partial charge in [0.05, 0.1) is 6.61 Å². The molecule has 0 fully saturated rings. The van der Waals surface area contributed by atoms with E-state index in [1.807, 2.05) is 0 Å². The van der Waals surface area contributed by atoms with Gasteiger partial charge in [0.25, 0.3) is 0 Å². The molecular weight excluding hydrogens is 222 g/mol. The Kier molecular flexibility index (Phi) is 4.94. The van der Waals surface area contributed by atoms with Gasteiger partial charge in [-0.2, -0.15) is 0 Å². The number of hydrogen-bond acceptors (Lipinski definition) is 2. The largest absolute Gasteiger partial charge is 0.392 e. The van der Waals surface area contributed by atoms with Crippen molar-refractivity contribution in [1.29, 1.82) is 0 Å². The molecule has 0 saturated heterocycles. The summed E-state index contributed by atoms with van der Waals surface area (Å²) < 4.78 is 0. The van der Waals surface area contributed by atoms with Crippen LogP contribution in [0.4, 0.5) is 0 Å². The lowest BCUT2D eigenvalue weighted by atomic mass is 9.92. The zero-order chi connectivity index (χ0) is 13.9. The van der Waals surface area contributed by atoms with Crippen molar-refractivity contribution in [3.8, 4) is 0 Å². The Morgan fingerprint density at radius 3 is 2.17 bits per heavy atom. The van der Waals surface area contributed by atoms with Crippen molar-refractivity contribution in [2.45, 2.75) is 66.7 Å². The molecule has 102 valence electrons. The Hall–Kier alpha value is -0.860. The van der Waals surface area contributed by atoms with Crippen molar-refractivity contribution in [1.82, 2.24) is 5.32 Å². The molecule has 1 aromatic rings. The van der Waals surface area contributed by atoms with Crippen LogP contribution < -0.4 is 5.32 Å². The first-order valence-corrected chi connectivity index (χ1v) is 6.76. The zero-order valence-corrected chi connectivity index (χ0v) is 12.6. The van der Waals surface area contributed by atoms with Gasteiger partial charge in [-0.1, -0.05) is 13.0 Å². The van der Waals surface area contributed by atoms with Crippen LogP contribution in [0, 0.1) is 20.8 Å². The summed E-state index contributed by atoms with van der Waals surface area (Å²) in [7, 11) is 0. The van der Waals surface area contributed by atoms with Crippen molar-refractivity contribution in [2.75, 3.05) is 0 Å². The summed E-state index contributed by atoms with van der Waals surface area (Å²) >= 11 is 0. The molecule has 0 saturated carbocycles. The monoisotopic (exact) mass is 249 g/mol. The fraction of sp³-hybridized carbons (Fsp3) is 0.625. The number of benzene rings is 1. The smallest absolute Gasteiger partial charge is 0.0687 e. The van der Waals surface area contributed by atoms with Gasteiger partial charge in [-0.15, -0.1) is 0 Å². The molecule has 0 aliphatic rings. The Balaban J connectivity index is 3.03. The van der Waals surface area contributed by atoms with Crippen LogP contribution in [0.2, 0.25) is 0 Å². The highest BCUT2D eigenvalue weighted by atomic mass is 16.3. The van der Waals surface area contributed by atoms with E-state index in [1.165, 1.54) is 22.3 Å². The molecule has 0 amide bonds.